The SMILES string of the molecule is Cc1ccc(Cl)c(C(=O)Nc2ccc(CCCC(=O)O)cc2)c1. The van der Waals surface area contributed by atoms with E-state index in [9.17, 15) is 9.59 Å². The number of carboxylic acids is 1. The number of aliphatic carboxylic acids is 1. The van der Waals surface area contributed by atoms with Gasteiger partial charge in [0.25, 0.3) is 5.91 Å². The minimum absolute atomic E-state index is 0.157. The molecule has 2 aromatic carbocycles. The van der Waals surface area contributed by atoms with Gasteiger partial charge in [-0.05, 0) is 49.6 Å². The molecule has 4 nitrogen and oxygen atoms in total. The molecule has 0 atom stereocenters. The number of carboxylic acid groups (broad SMARTS) is 1. The highest BCUT2D eigenvalue weighted by Crippen LogP contribution is 2.19. The van der Waals surface area contributed by atoms with E-state index in [1.807, 2.05) is 25.1 Å². The Labute approximate surface area is 140 Å². The van der Waals surface area contributed by atoms with Crippen LogP contribution in [0.25, 0.3) is 0 Å². The summed E-state index contributed by atoms with van der Waals surface area (Å²) < 4.78 is 0. The number of aryl methyl sites for hydroxylation is 2. The summed E-state index contributed by atoms with van der Waals surface area (Å²) in [6.07, 6.45) is 1.45. The smallest absolute Gasteiger partial charge is 0.303 e. The lowest BCUT2D eigenvalue weighted by atomic mass is 10.1. The van der Waals surface area contributed by atoms with E-state index < -0.39 is 5.97 Å². The Balaban J connectivity index is 1.99. The van der Waals surface area contributed by atoms with Crippen molar-refractivity contribution < 1.29 is 14.7 Å². The van der Waals surface area contributed by atoms with E-state index in [-0.39, 0.29) is 12.3 Å². The first-order valence-electron chi connectivity index (χ1n) is 7.34. The molecule has 1 amide bonds. The molecule has 0 aliphatic carbocycles. The maximum absolute atomic E-state index is 12.3. The van der Waals surface area contributed by atoms with Gasteiger partial charge in [0.1, 0.15) is 0 Å². The van der Waals surface area contributed by atoms with Crippen LogP contribution in [0.3, 0.4) is 0 Å². The molecule has 0 fully saturated rings. The van der Waals surface area contributed by atoms with Gasteiger partial charge in [-0.1, -0.05) is 35.4 Å². The minimum Gasteiger partial charge on any atom is -0.481 e. The van der Waals surface area contributed by atoms with E-state index in [2.05, 4.69) is 5.32 Å². The average molecular weight is 332 g/mol. The lowest BCUT2D eigenvalue weighted by Gasteiger charge is -2.08. The van der Waals surface area contributed by atoms with Crippen LogP contribution in [-0.4, -0.2) is 17.0 Å². The number of hydrogen-bond acceptors (Lipinski definition) is 2. The molecule has 0 unspecified atom stereocenters. The molecule has 0 aromatic heterocycles. The molecular weight excluding hydrogens is 314 g/mol. The highest BCUT2D eigenvalue weighted by atomic mass is 35.5. The van der Waals surface area contributed by atoms with E-state index in [1.165, 1.54) is 0 Å². The molecule has 2 aromatic rings. The van der Waals surface area contributed by atoms with Gasteiger partial charge in [-0.15, -0.1) is 0 Å². The van der Waals surface area contributed by atoms with Crippen molar-refractivity contribution in [1.82, 2.24) is 0 Å². The summed E-state index contributed by atoms with van der Waals surface area (Å²) >= 11 is 6.06. The van der Waals surface area contributed by atoms with Crippen molar-refractivity contribution in [2.24, 2.45) is 0 Å². The van der Waals surface area contributed by atoms with Crippen LogP contribution >= 0.6 is 11.6 Å². The molecule has 0 saturated heterocycles. The van der Waals surface area contributed by atoms with Crippen molar-refractivity contribution in [2.45, 2.75) is 26.2 Å². The Bertz CT molecular complexity index is 711. The topological polar surface area (TPSA) is 66.4 Å². The lowest BCUT2D eigenvalue weighted by Crippen LogP contribution is -2.12. The van der Waals surface area contributed by atoms with Crippen molar-refractivity contribution in [3.05, 3.63) is 64.2 Å². The Kier molecular flexibility index (Phi) is 5.77. The molecular formula is C18H18ClNO3. The van der Waals surface area contributed by atoms with Crippen molar-refractivity contribution in [2.75, 3.05) is 5.32 Å². The number of rotatable bonds is 6. The van der Waals surface area contributed by atoms with Crippen LogP contribution < -0.4 is 5.32 Å². The highest BCUT2D eigenvalue weighted by Gasteiger charge is 2.10. The zero-order chi connectivity index (χ0) is 16.8. The minimum atomic E-state index is -0.788. The summed E-state index contributed by atoms with van der Waals surface area (Å²) in [4.78, 5) is 22.8. The van der Waals surface area contributed by atoms with Gasteiger partial charge < -0.3 is 10.4 Å². The molecule has 0 spiro atoms. The van der Waals surface area contributed by atoms with Crippen LogP contribution in [0.2, 0.25) is 5.02 Å². The Morgan fingerprint density at radius 2 is 1.83 bits per heavy atom. The zero-order valence-electron chi connectivity index (χ0n) is 12.8. The molecule has 5 heteroatoms. The fraction of sp³-hybridized carbons (Fsp3) is 0.222. The van der Waals surface area contributed by atoms with Crippen molar-refractivity contribution >= 4 is 29.2 Å². The van der Waals surface area contributed by atoms with Crippen molar-refractivity contribution in [3.8, 4) is 0 Å². The third-order valence-electron chi connectivity index (χ3n) is 3.43. The third-order valence-corrected chi connectivity index (χ3v) is 3.76. The predicted octanol–water partition coefficient (Wildman–Crippen LogP) is 4.31. The summed E-state index contributed by atoms with van der Waals surface area (Å²) in [6, 6.07) is 12.7. The fourth-order valence-electron chi connectivity index (χ4n) is 2.21. The van der Waals surface area contributed by atoms with Gasteiger partial charge in [-0.2, -0.15) is 0 Å². The fourth-order valence-corrected chi connectivity index (χ4v) is 2.41. The first-order chi connectivity index (χ1) is 11.0. The van der Waals surface area contributed by atoms with Gasteiger partial charge in [0.2, 0.25) is 0 Å². The number of hydrogen-bond donors (Lipinski definition) is 2. The van der Waals surface area contributed by atoms with Crippen LogP contribution in [0.15, 0.2) is 42.5 Å². The molecule has 2 N–H and O–H groups in total. The normalized spacial score (nSPS) is 10.3. The van der Waals surface area contributed by atoms with Crippen molar-refractivity contribution in [3.63, 3.8) is 0 Å². The number of carbonyl (C=O) groups excluding carboxylic acids is 1. The van der Waals surface area contributed by atoms with Crippen LogP contribution in [0, 0.1) is 6.92 Å². The molecule has 0 bridgehead atoms. The number of amides is 1. The maximum Gasteiger partial charge on any atom is 0.303 e. The van der Waals surface area contributed by atoms with Gasteiger partial charge in [-0.25, -0.2) is 0 Å². The van der Waals surface area contributed by atoms with Gasteiger partial charge in [0, 0.05) is 12.1 Å². The van der Waals surface area contributed by atoms with Crippen LogP contribution in [0.4, 0.5) is 5.69 Å². The van der Waals surface area contributed by atoms with Crippen LogP contribution in [0.1, 0.15) is 34.3 Å². The van der Waals surface area contributed by atoms with Crippen molar-refractivity contribution in [1.29, 1.82) is 0 Å². The first-order valence-corrected chi connectivity index (χ1v) is 7.72. The van der Waals surface area contributed by atoms with Gasteiger partial charge in [0.05, 0.1) is 10.6 Å². The Hall–Kier alpha value is -2.33. The number of carbonyl (C=O) groups is 2. The van der Waals surface area contributed by atoms with E-state index in [0.717, 1.165) is 11.1 Å². The number of halogens is 1. The number of nitrogens with one attached hydrogen (secondary N) is 1. The van der Waals surface area contributed by atoms with Crippen LogP contribution in [0.5, 0.6) is 0 Å². The summed E-state index contributed by atoms with van der Waals surface area (Å²) in [5, 5.41) is 11.9. The van der Waals surface area contributed by atoms with E-state index >= 15 is 0 Å². The predicted molar refractivity (Wildman–Crippen MR) is 91.2 cm³/mol. The summed E-state index contributed by atoms with van der Waals surface area (Å²) in [5.41, 5.74) is 3.12. The Morgan fingerprint density at radius 1 is 1.13 bits per heavy atom. The van der Waals surface area contributed by atoms with E-state index in [1.54, 1.807) is 24.3 Å². The monoisotopic (exact) mass is 331 g/mol. The maximum atomic E-state index is 12.3. The Morgan fingerprint density at radius 3 is 2.48 bits per heavy atom. The summed E-state index contributed by atoms with van der Waals surface area (Å²) in [5.74, 6) is -1.04. The molecule has 0 heterocycles. The second kappa shape index (κ2) is 7.79. The van der Waals surface area contributed by atoms with E-state index in [4.69, 9.17) is 16.7 Å². The molecule has 0 aliphatic rings. The lowest BCUT2D eigenvalue weighted by molar-refractivity contribution is -0.137. The summed E-state index contributed by atoms with van der Waals surface area (Å²) in [7, 11) is 0. The molecule has 120 valence electrons. The first kappa shape index (κ1) is 17.0. The van der Waals surface area contributed by atoms with Crippen LogP contribution in [-0.2, 0) is 11.2 Å². The molecule has 2 rings (SSSR count). The standard InChI is InChI=1S/C18H18ClNO3/c1-12-5-10-16(19)15(11-12)18(23)20-14-8-6-13(7-9-14)3-2-4-17(21)22/h5-11H,2-4H2,1H3,(H,20,23)(H,21,22). The van der Waals surface area contributed by atoms with Gasteiger partial charge in [0.15, 0.2) is 0 Å². The number of anilines is 1. The number of benzene rings is 2. The second-order valence-corrected chi connectivity index (χ2v) is 5.79. The summed E-state index contributed by atoms with van der Waals surface area (Å²) in [6.45, 7) is 1.90. The quantitative estimate of drug-likeness (QED) is 0.829. The second-order valence-electron chi connectivity index (χ2n) is 5.38. The van der Waals surface area contributed by atoms with Gasteiger partial charge in [-0.3, -0.25) is 9.59 Å². The molecule has 0 radical (unpaired) electrons. The van der Waals surface area contributed by atoms with Gasteiger partial charge >= 0.3 is 5.97 Å². The largest absolute Gasteiger partial charge is 0.481 e. The zero-order valence-corrected chi connectivity index (χ0v) is 13.6. The molecule has 0 saturated carbocycles. The molecule has 23 heavy (non-hydrogen) atoms. The molecule has 0 aliphatic heterocycles. The van der Waals surface area contributed by atoms with E-state index in [0.29, 0.717) is 29.1 Å². The average Bonchev–Trinajstić information content (AvgIpc) is 2.51. The highest BCUT2D eigenvalue weighted by molar-refractivity contribution is 6.34. The third kappa shape index (κ3) is 5.11.